The highest BCUT2D eigenvalue weighted by atomic mass is 79.9. The van der Waals surface area contributed by atoms with E-state index in [1.165, 1.54) is 34.8 Å². The maximum absolute atomic E-state index is 12.1. The van der Waals surface area contributed by atoms with Crippen molar-refractivity contribution in [2.24, 2.45) is 10.8 Å². The second kappa shape index (κ2) is 55.9. The number of nitrogens with zero attached hydrogens (tertiary/aromatic N) is 22. The van der Waals surface area contributed by atoms with Crippen LogP contribution in [0, 0.1) is 51.8 Å². The van der Waals surface area contributed by atoms with Crippen molar-refractivity contribution in [2.45, 2.75) is 90.4 Å². The monoisotopic (exact) mass is 1850 g/mol. The molecule has 0 bridgehead atoms. The van der Waals surface area contributed by atoms with Gasteiger partial charge in [0.25, 0.3) is 11.8 Å². The fraction of sp³-hybridized carbons (Fsp3) is 0.163. The zero-order valence-corrected chi connectivity index (χ0v) is 69.3. The maximum Gasteiger partial charge on any atom is 0.488 e. The number of azide groups is 1. The third-order valence-electron chi connectivity index (χ3n) is 16.5. The number of nitrogens with one attached hydrogen (secondary N) is 3. The first kappa shape index (κ1) is 109. The molecule has 15 aromatic rings. The molecule has 7 N–H and O–H groups in total. The molecule has 0 aliphatic rings. The Balaban J connectivity index is 0.000000509. The van der Waals surface area contributed by atoms with E-state index < -0.39 is 7.12 Å². The third kappa shape index (κ3) is 33.2. The van der Waals surface area contributed by atoms with Crippen LogP contribution in [0.15, 0.2) is 274 Å². The van der Waals surface area contributed by atoms with Crippen molar-refractivity contribution in [1.82, 2.24) is 74.2 Å². The summed E-state index contributed by atoms with van der Waals surface area (Å²) in [6.45, 7) is 44.5. The summed E-state index contributed by atoms with van der Waals surface area (Å²) in [4.78, 5) is 49.5. The number of carbonyl (C=O) groups is 2. The zero-order valence-electron chi connectivity index (χ0n) is 64.6. The minimum atomic E-state index is -1.45. The summed E-state index contributed by atoms with van der Waals surface area (Å²) in [7, 11) is 2.23. The first-order valence-corrected chi connectivity index (χ1v) is 39.3. The van der Waals surface area contributed by atoms with Gasteiger partial charge in [0.15, 0.2) is 34.1 Å². The summed E-state index contributed by atoms with van der Waals surface area (Å²) in [5.41, 5.74) is 29.9. The molecule has 0 atom stereocenters. The van der Waals surface area contributed by atoms with Gasteiger partial charge < -0.3 is 31.3 Å². The summed E-state index contributed by atoms with van der Waals surface area (Å²) < 4.78 is 11.6. The van der Waals surface area contributed by atoms with E-state index in [1.54, 1.807) is 161 Å². The highest BCUT2D eigenvalue weighted by molar-refractivity contribution is 9.08. The Labute approximate surface area is 774 Å². The Morgan fingerprint density at radius 2 is 0.734 bits per heavy atom. The lowest BCUT2D eigenvalue weighted by Crippen LogP contribution is -2.29. The Hall–Kier alpha value is -15.1. The average Bonchev–Trinajstić information content (AvgIpc) is 1.58. The number of alkyl halides is 1. The Morgan fingerprint density at radius 3 is 1.00 bits per heavy atom. The first-order chi connectivity index (χ1) is 58.6. The van der Waals surface area contributed by atoms with Crippen molar-refractivity contribution in [3.8, 4) is 34.1 Å². The molecule has 656 valence electrons. The van der Waals surface area contributed by atoms with Crippen molar-refractivity contribution in [3.05, 3.63) is 405 Å². The first-order valence-electron chi connectivity index (χ1n) is 35.8. The fourth-order valence-corrected chi connectivity index (χ4v) is 12.4. The van der Waals surface area contributed by atoms with Gasteiger partial charge in [-0.3, -0.25) is 15.0 Å². The van der Waals surface area contributed by atoms with E-state index in [4.69, 9.17) is 89.4 Å². The molecule has 8 heterocycles. The molecule has 0 saturated heterocycles. The summed E-state index contributed by atoms with van der Waals surface area (Å²) in [5.74, 6) is 0.145. The predicted molar refractivity (Wildman–Crippen MR) is 522 cm³/mol. The quantitative estimate of drug-likeness (QED) is 0.00682. The van der Waals surface area contributed by atoms with Crippen LogP contribution in [0.25, 0.3) is 73.6 Å². The number of nitrogens with two attached hydrogens (primary N) is 1. The molecule has 2 amide bonds. The van der Waals surface area contributed by atoms with Crippen LogP contribution in [0.1, 0.15) is 110 Å². The van der Waals surface area contributed by atoms with Crippen molar-refractivity contribution in [2.75, 3.05) is 14.1 Å². The lowest BCUT2D eigenvalue weighted by molar-refractivity contribution is 0.0947. The van der Waals surface area contributed by atoms with Crippen LogP contribution >= 0.6 is 61.8 Å². The molecular weight excluding hydrogens is 1760 g/mol. The molecule has 0 radical (unpaired) electrons. The van der Waals surface area contributed by atoms with Crippen LogP contribution in [0.3, 0.4) is 0 Å². The molecule has 0 saturated carbocycles. The van der Waals surface area contributed by atoms with Gasteiger partial charge in [0, 0.05) is 109 Å². The van der Waals surface area contributed by atoms with E-state index in [0.717, 1.165) is 78.4 Å². The number of aromatic nitrogens is 12. The number of halogens is 3. The molecule has 0 unspecified atom stereocenters. The summed E-state index contributed by atoms with van der Waals surface area (Å²) >= 11 is 17.5. The third-order valence-corrected chi connectivity index (χ3v) is 19.6. The molecule has 8 aromatic heterocycles. The number of hydrogen-bond donors (Lipinski definition) is 6. The number of amides is 2. The van der Waals surface area contributed by atoms with E-state index in [9.17, 15) is 9.59 Å². The predicted octanol–water partition coefficient (Wildman–Crippen LogP) is 23.0. The van der Waals surface area contributed by atoms with Gasteiger partial charge in [-0.15, -0.1) is 22.7 Å². The fourth-order valence-electron chi connectivity index (χ4n) is 10.2. The van der Waals surface area contributed by atoms with Gasteiger partial charge in [-0.25, -0.2) is 57.2 Å². The standard InChI is InChI=1S/C18H18ClN5OS.C16H11ClN4OS.C11H8BrN3.C11H8N6.C11H10N4.C11H9N3.C7H6BNO2.7CH4/c1-23(2)17(20)13-3-5-14(6-4-13)24-11-12(10-22-24)9-21-18(25)15-7-8-16(19)26-15;1-18-12-2-4-13(5-3-12)21-10-11(9-20-21)8-19-16(22)14-6-7-15(17)23-14;1-13-10-2-4-11(5-3-10)15-8-9(6-12)7-14-15;1-13-10-2-4-11(5-3-10)17-8-9(7-15-17)6-14-16-12;1-13-10-2-4-11(5-3-10)15-8-9(6-12)7-14-15;1-9-7-13-14(8-9)11-5-3-10(12-2)4-6-11;1-9-7-4-2-6(3-5-7)8(10)11;;;;;;;/h3-8,10-11,20H,9H2,1-2H3,(H,21,25);2-7,9-10H,8H2,(H,19,22);2-5,7-8H,6H2;2-5,7-8H,6H2;2-5,7-8H,6,12H2;3-8H,1H3;2-5,10-11H;7*1H4. The van der Waals surface area contributed by atoms with Crippen LogP contribution in [0.5, 0.6) is 0 Å². The van der Waals surface area contributed by atoms with Crippen molar-refractivity contribution < 1.29 is 19.6 Å². The number of benzene rings is 7. The molecule has 0 aliphatic heterocycles. The lowest BCUT2D eigenvalue weighted by atomic mass is 9.80. The van der Waals surface area contributed by atoms with Crippen molar-refractivity contribution in [1.29, 1.82) is 5.41 Å². The number of amidine groups is 1. The summed E-state index contributed by atoms with van der Waals surface area (Å²) in [6, 6.07) is 56.8. The Kier molecular flexibility index (Phi) is 47.6. The van der Waals surface area contributed by atoms with Crippen LogP contribution in [-0.4, -0.2) is 112 Å². The molecule has 0 aliphatic carbocycles. The highest BCUT2D eigenvalue weighted by Crippen LogP contribution is 2.25. The second-order valence-electron chi connectivity index (χ2n) is 25.2. The number of aryl methyl sites for hydroxylation is 1. The SMILES string of the molecule is C.C.C.C.C.C.C.CN(C)C(=N)c1ccc(-n2cc(CNC(=O)c3ccc(Cl)s3)cn2)cc1.[C-]#[N+]c1ccc(-n2cc(C)cn2)cc1.[C-]#[N+]c1ccc(-n2cc(CBr)cn2)cc1.[C-]#[N+]c1ccc(-n2cc(CN)cn2)cc1.[C-]#[N+]c1ccc(-n2cc(CN=[N+]=[N-])cn2)cc1.[C-]#[N+]c1ccc(-n2cc(CNC(=O)c3ccc(Cl)s3)cn2)cc1.[C-]#[N+]c1ccc(B(O)O)cc1. The van der Waals surface area contributed by atoms with E-state index in [1.807, 2.05) is 149 Å². The maximum atomic E-state index is 12.1. The van der Waals surface area contributed by atoms with E-state index in [-0.39, 0.29) is 70.3 Å². The van der Waals surface area contributed by atoms with Crippen LogP contribution < -0.4 is 21.8 Å². The Bertz CT molecular complexity index is 6160. The second-order valence-corrected chi connectivity index (χ2v) is 29.2. The minimum absolute atomic E-state index is 0. The van der Waals surface area contributed by atoms with Gasteiger partial charge in [0.1, 0.15) is 5.84 Å². The van der Waals surface area contributed by atoms with E-state index in [0.29, 0.717) is 83.5 Å². The smallest absolute Gasteiger partial charge is 0.423 e. The normalized spacial score (nSPS) is 9.37. The van der Waals surface area contributed by atoms with Crippen LogP contribution in [0.2, 0.25) is 8.67 Å². The molecule has 7 aromatic carbocycles. The highest BCUT2D eigenvalue weighted by Gasteiger charge is 2.14. The molecule has 128 heavy (non-hydrogen) atoms. The van der Waals surface area contributed by atoms with Crippen molar-refractivity contribution >= 4 is 126 Å². The molecule has 36 heteroatoms. The summed E-state index contributed by atoms with van der Waals surface area (Å²) in [6.07, 6.45) is 21.7. The van der Waals surface area contributed by atoms with E-state index in [2.05, 4.69) is 96.3 Å². The number of rotatable bonds is 18. The molecule has 15 rings (SSSR count). The van der Waals surface area contributed by atoms with Gasteiger partial charge in [-0.2, -0.15) is 30.6 Å². The number of hydrogen-bond acceptors (Lipinski definition) is 15. The topological polar surface area (TPSA) is 334 Å². The van der Waals surface area contributed by atoms with E-state index >= 15 is 0 Å². The van der Waals surface area contributed by atoms with Gasteiger partial charge in [-0.05, 0) is 138 Å². The van der Waals surface area contributed by atoms with Gasteiger partial charge in [0.05, 0.1) is 136 Å². The minimum Gasteiger partial charge on any atom is -0.423 e. The van der Waals surface area contributed by atoms with Gasteiger partial charge in [-0.1, -0.05) is 181 Å². The molecule has 0 spiro atoms. The zero-order chi connectivity index (χ0) is 86.6. The summed E-state index contributed by atoms with van der Waals surface area (Å²) in [5, 5.41) is 60.6. The Morgan fingerprint density at radius 1 is 0.453 bits per heavy atom. The largest absolute Gasteiger partial charge is 0.488 e. The van der Waals surface area contributed by atoms with Crippen molar-refractivity contribution in [3.63, 3.8) is 0 Å². The lowest BCUT2D eigenvalue weighted by Gasteiger charge is -2.13. The van der Waals surface area contributed by atoms with Gasteiger partial charge >= 0.3 is 7.12 Å². The molecular formula is C92H98BBrCl2N26O4S2. The van der Waals surface area contributed by atoms with Gasteiger partial charge in [0.2, 0.25) is 0 Å². The van der Waals surface area contributed by atoms with Crippen LogP contribution in [-0.2, 0) is 31.5 Å². The molecule has 30 nitrogen and oxygen atoms in total. The number of carbonyl (C=O) groups excluding carboxylic acids is 2. The molecule has 0 fully saturated rings. The number of thiophene rings is 2. The average molecular weight is 1860 g/mol. The van der Waals surface area contributed by atoms with Crippen LogP contribution in [0.4, 0.5) is 34.1 Å².